The Hall–Kier alpha value is -0.0800. The maximum Gasteiger partial charge on any atom is 0.0506 e. The van der Waals surface area contributed by atoms with Crippen LogP contribution in [0.25, 0.3) is 0 Å². The lowest BCUT2D eigenvalue weighted by molar-refractivity contribution is 0.0583. The molecule has 0 spiro atoms. The van der Waals surface area contributed by atoms with Gasteiger partial charge in [0.15, 0.2) is 0 Å². The van der Waals surface area contributed by atoms with Crippen molar-refractivity contribution in [2.75, 3.05) is 13.2 Å². The van der Waals surface area contributed by atoms with E-state index in [4.69, 9.17) is 10.2 Å². The smallest absolute Gasteiger partial charge is 0.0506 e. The number of hydrogen-bond acceptors (Lipinski definition) is 2. The van der Waals surface area contributed by atoms with Gasteiger partial charge < -0.3 is 10.2 Å². The summed E-state index contributed by atoms with van der Waals surface area (Å²) in [5.41, 5.74) is -0.274. The van der Waals surface area contributed by atoms with E-state index in [0.717, 1.165) is 12.8 Å². The largest absolute Gasteiger partial charge is 0.396 e. The Kier molecular flexibility index (Phi) is 4.69. The van der Waals surface area contributed by atoms with Gasteiger partial charge in [-0.05, 0) is 12.3 Å². The molecule has 2 heteroatoms. The molecular weight excluding hydrogens is 140 g/mol. The Bertz CT molecular complexity index is 95.7. The second-order valence-corrected chi connectivity index (χ2v) is 4.06. The van der Waals surface area contributed by atoms with E-state index >= 15 is 0 Å². The van der Waals surface area contributed by atoms with E-state index in [-0.39, 0.29) is 18.6 Å². The van der Waals surface area contributed by atoms with Crippen molar-refractivity contribution in [1.82, 2.24) is 0 Å². The first-order valence-corrected chi connectivity index (χ1v) is 4.26. The topological polar surface area (TPSA) is 40.5 Å². The summed E-state index contributed by atoms with van der Waals surface area (Å²) < 4.78 is 0. The maximum atomic E-state index is 8.94. The normalized spacial score (nSPS) is 12.5. The molecule has 0 aromatic carbocycles. The molecular formula is C9H20O2. The van der Waals surface area contributed by atoms with E-state index < -0.39 is 0 Å². The molecule has 0 saturated carbocycles. The predicted molar refractivity (Wildman–Crippen MR) is 46.4 cm³/mol. The molecule has 0 bridgehead atoms. The highest BCUT2D eigenvalue weighted by Gasteiger charge is 2.21. The van der Waals surface area contributed by atoms with Crippen molar-refractivity contribution < 1.29 is 10.2 Å². The third-order valence-electron chi connectivity index (χ3n) is 2.09. The molecule has 0 fully saturated rings. The lowest BCUT2D eigenvalue weighted by Gasteiger charge is -2.25. The van der Waals surface area contributed by atoms with E-state index in [1.165, 1.54) is 0 Å². The first-order chi connectivity index (χ1) is 5.04. The van der Waals surface area contributed by atoms with Gasteiger partial charge in [0, 0.05) is 5.41 Å². The summed E-state index contributed by atoms with van der Waals surface area (Å²) in [5.74, 6) is 0.646. The number of aliphatic hydroxyl groups excluding tert-OH is 2. The molecule has 0 atom stereocenters. The Labute approximate surface area is 69.2 Å². The lowest BCUT2D eigenvalue weighted by atomic mass is 9.85. The van der Waals surface area contributed by atoms with Gasteiger partial charge in [-0.15, -0.1) is 0 Å². The molecule has 2 N–H and O–H groups in total. The fourth-order valence-electron chi connectivity index (χ4n) is 0.845. The van der Waals surface area contributed by atoms with Gasteiger partial charge in [-0.25, -0.2) is 0 Å². The molecule has 0 aliphatic carbocycles. The van der Waals surface area contributed by atoms with Crippen LogP contribution < -0.4 is 0 Å². The van der Waals surface area contributed by atoms with Gasteiger partial charge in [0.05, 0.1) is 13.2 Å². The molecule has 0 amide bonds. The van der Waals surface area contributed by atoms with E-state index in [1.54, 1.807) is 0 Å². The van der Waals surface area contributed by atoms with E-state index in [0.29, 0.717) is 5.92 Å². The van der Waals surface area contributed by atoms with Gasteiger partial charge >= 0.3 is 0 Å². The Balaban J connectivity index is 3.69. The Morgan fingerprint density at radius 1 is 1.18 bits per heavy atom. The van der Waals surface area contributed by atoms with Crippen LogP contribution in [0.1, 0.15) is 33.6 Å². The summed E-state index contributed by atoms with van der Waals surface area (Å²) in [6, 6.07) is 0. The monoisotopic (exact) mass is 160 g/mol. The van der Waals surface area contributed by atoms with Crippen LogP contribution in [0.3, 0.4) is 0 Å². The highest BCUT2D eigenvalue weighted by atomic mass is 16.3. The fourth-order valence-corrected chi connectivity index (χ4v) is 0.845. The summed E-state index contributed by atoms with van der Waals surface area (Å²) in [5, 5.41) is 17.9. The number of rotatable bonds is 5. The maximum absolute atomic E-state index is 8.94. The van der Waals surface area contributed by atoms with Crippen molar-refractivity contribution in [2.45, 2.75) is 33.6 Å². The van der Waals surface area contributed by atoms with Crippen molar-refractivity contribution in [2.24, 2.45) is 11.3 Å². The first-order valence-electron chi connectivity index (χ1n) is 4.26. The molecule has 0 aliphatic heterocycles. The highest BCUT2D eigenvalue weighted by Crippen LogP contribution is 2.23. The molecule has 11 heavy (non-hydrogen) atoms. The second kappa shape index (κ2) is 4.73. The minimum atomic E-state index is -0.274. The molecule has 0 aliphatic rings. The first kappa shape index (κ1) is 10.9. The van der Waals surface area contributed by atoms with Crippen LogP contribution in [0.2, 0.25) is 0 Å². The zero-order valence-corrected chi connectivity index (χ0v) is 7.80. The fraction of sp³-hybridized carbons (Fsp3) is 1.00. The van der Waals surface area contributed by atoms with E-state index in [2.05, 4.69) is 13.8 Å². The summed E-state index contributed by atoms with van der Waals surface area (Å²) in [6.07, 6.45) is 1.97. The molecule has 68 valence electrons. The zero-order valence-electron chi connectivity index (χ0n) is 7.80. The summed E-state index contributed by atoms with van der Waals surface area (Å²) in [4.78, 5) is 0. The van der Waals surface area contributed by atoms with Crippen molar-refractivity contribution in [3.63, 3.8) is 0 Å². The summed E-state index contributed by atoms with van der Waals surface area (Å²) >= 11 is 0. The van der Waals surface area contributed by atoms with Gasteiger partial charge in [0.2, 0.25) is 0 Å². The molecule has 0 rings (SSSR count). The van der Waals surface area contributed by atoms with Crippen molar-refractivity contribution in [3.8, 4) is 0 Å². The lowest BCUT2D eigenvalue weighted by Crippen LogP contribution is -2.26. The van der Waals surface area contributed by atoms with Gasteiger partial charge in [0.1, 0.15) is 0 Å². The van der Waals surface area contributed by atoms with Gasteiger partial charge in [-0.2, -0.15) is 0 Å². The summed E-state index contributed by atoms with van der Waals surface area (Å²) in [6.45, 7) is 6.37. The van der Waals surface area contributed by atoms with Gasteiger partial charge in [-0.3, -0.25) is 0 Å². The third kappa shape index (κ3) is 4.38. The molecule has 2 nitrogen and oxygen atoms in total. The van der Waals surface area contributed by atoms with Crippen molar-refractivity contribution >= 4 is 0 Å². The predicted octanol–water partition coefficient (Wildman–Crippen LogP) is 1.41. The van der Waals surface area contributed by atoms with Crippen LogP contribution in [0, 0.1) is 11.3 Å². The molecule has 0 aromatic heterocycles. The molecule has 0 unspecified atom stereocenters. The van der Waals surface area contributed by atoms with E-state index in [1.807, 2.05) is 6.92 Å². The minimum absolute atomic E-state index is 0.0796. The zero-order chi connectivity index (χ0) is 8.91. The molecule has 0 aromatic rings. The van der Waals surface area contributed by atoms with Crippen LogP contribution in [0.15, 0.2) is 0 Å². The quantitative estimate of drug-likeness (QED) is 0.638. The number of aliphatic hydroxyl groups is 2. The molecule has 0 radical (unpaired) electrons. The standard InChI is InChI=1S/C9H20O2/c1-8(2)4-5-9(3,6-10)7-11/h8,10-11H,4-7H2,1-3H3. The van der Waals surface area contributed by atoms with Gasteiger partial charge in [-0.1, -0.05) is 27.2 Å². The second-order valence-electron chi connectivity index (χ2n) is 4.06. The van der Waals surface area contributed by atoms with Crippen molar-refractivity contribution in [3.05, 3.63) is 0 Å². The van der Waals surface area contributed by atoms with Crippen LogP contribution >= 0.6 is 0 Å². The average molecular weight is 160 g/mol. The van der Waals surface area contributed by atoms with E-state index in [9.17, 15) is 0 Å². The van der Waals surface area contributed by atoms with Crippen LogP contribution in [-0.4, -0.2) is 23.4 Å². The third-order valence-corrected chi connectivity index (χ3v) is 2.09. The molecule has 0 heterocycles. The number of hydrogen-bond donors (Lipinski definition) is 2. The van der Waals surface area contributed by atoms with Crippen molar-refractivity contribution in [1.29, 1.82) is 0 Å². The SMILES string of the molecule is CC(C)CCC(C)(CO)CO. The van der Waals surface area contributed by atoms with Crippen LogP contribution in [0.4, 0.5) is 0 Å². The Morgan fingerprint density at radius 2 is 1.64 bits per heavy atom. The molecule has 0 saturated heterocycles. The highest BCUT2D eigenvalue weighted by molar-refractivity contribution is 4.72. The average Bonchev–Trinajstić information content (AvgIpc) is 2.00. The van der Waals surface area contributed by atoms with Crippen LogP contribution in [-0.2, 0) is 0 Å². The Morgan fingerprint density at radius 3 is 1.91 bits per heavy atom. The van der Waals surface area contributed by atoms with Crippen LogP contribution in [0.5, 0.6) is 0 Å². The summed E-state index contributed by atoms with van der Waals surface area (Å²) in [7, 11) is 0. The minimum Gasteiger partial charge on any atom is -0.396 e. The van der Waals surface area contributed by atoms with Gasteiger partial charge in [0.25, 0.3) is 0 Å².